The molecule has 1 fully saturated rings. The normalized spacial score (nSPS) is 23.1. The van der Waals surface area contributed by atoms with E-state index in [4.69, 9.17) is 9.31 Å². The van der Waals surface area contributed by atoms with Crippen molar-refractivity contribution in [2.45, 2.75) is 76.6 Å². The maximum atomic E-state index is 13.3. The van der Waals surface area contributed by atoms with E-state index in [9.17, 15) is 31.1 Å². The molecule has 1 aromatic heterocycles. The van der Waals surface area contributed by atoms with Gasteiger partial charge in [-0.25, -0.2) is 17.6 Å². The third kappa shape index (κ3) is 4.33. The number of halogens is 6. The topological polar surface area (TPSA) is 67.4 Å². The van der Waals surface area contributed by atoms with Gasteiger partial charge in [0, 0.05) is 24.9 Å². The number of carbonyl (C=O) groups is 1. The number of hydrogen-bond donors (Lipinski definition) is 1. The highest BCUT2D eigenvalue weighted by Crippen LogP contribution is 2.51. The summed E-state index contributed by atoms with van der Waals surface area (Å²) in [5.41, 5.74) is -2.91. The monoisotopic (exact) mass is 503 g/mol. The van der Waals surface area contributed by atoms with Gasteiger partial charge in [0.15, 0.2) is 0 Å². The number of alkyl halides is 6. The molecule has 190 valence electrons. The van der Waals surface area contributed by atoms with Crippen LogP contribution in [0.15, 0.2) is 24.3 Å². The summed E-state index contributed by atoms with van der Waals surface area (Å²) in [7, 11) is -0.607. The Kier molecular flexibility index (Phi) is 6.03. The number of carbonyl (C=O) groups excluding carboxylic acids is 1. The van der Waals surface area contributed by atoms with Crippen LogP contribution in [0.5, 0.6) is 0 Å². The van der Waals surface area contributed by atoms with Crippen molar-refractivity contribution in [1.29, 1.82) is 0 Å². The first-order valence-electron chi connectivity index (χ1n) is 10.9. The van der Waals surface area contributed by atoms with Crippen LogP contribution in [-0.2, 0) is 27.7 Å². The van der Waals surface area contributed by atoms with Gasteiger partial charge < -0.3 is 14.1 Å². The summed E-state index contributed by atoms with van der Waals surface area (Å²) < 4.78 is 89.4. The van der Waals surface area contributed by atoms with Gasteiger partial charge in [-0.3, -0.25) is 9.89 Å². The lowest BCUT2D eigenvalue weighted by atomic mass is 9.89. The molecule has 0 atom stereocenters. The molecule has 2 aromatic rings. The Bertz CT molecular complexity index is 1120. The molecule has 3 aliphatic rings. The Balaban J connectivity index is 0.000000168. The zero-order chi connectivity index (χ0) is 26.0. The lowest BCUT2D eigenvalue weighted by molar-refractivity contribution is -0.0990. The van der Waals surface area contributed by atoms with Crippen LogP contribution in [0.3, 0.4) is 0 Å². The van der Waals surface area contributed by atoms with Gasteiger partial charge in [-0.05, 0) is 39.3 Å². The van der Waals surface area contributed by atoms with Gasteiger partial charge in [0.1, 0.15) is 11.4 Å². The SMILES string of the molecule is CC1(C)OB(N2Cc3ccccc3C2=O)OC1(C)C.FC(F)c1[nH]nc2c1C(F)(F)CCC2(F)F. The fraction of sp³-hybridized carbons (Fsp3) is 0.545. The van der Waals surface area contributed by atoms with E-state index in [0.717, 1.165) is 11.1 Å². The van der Waals surface area contributed by atoms with E-state index in [-0.39, 0.29) is 5.91 Å². The number of aromatic amines is 1. The van der Waals surface area contributed by atoms with Crippen molar-refractivity contribution in [2.75, 3.05) is 0 Å². The Morgan fingerprint density at radius 1 is 1.00 bits per heavy atom. The predicted molar refractivity (Wildman–Crippen MR) is 113 cm³/mol. The maximum Gasteiger partial charge on any atom is 0.596 e. The summed E-state index contributed by atoms with van der Waals surface area (Å²) in [6.45, 7) is 8.49. The lowest BCUT2D eigenvalue weighted by Crippen LogP contribution is -2.42. The summed E-state index contributed by atoms with van der Waals surface area (Å²) in [6, 6.07) is 7.64. The number of H-pyrrole nitrogens is 1. The van der Waals surface area contributed by atoms with E-state index in [2.05, 4.69) is 5.10 Å². The molecule has 0 spiro atoms. The first kappa shape index (κ1) is 25.6. The van der Waals surface area contributed by atoms with Crippen molar-refractivity contribution in [2.24, 2.45) is 0 Å². The Morgan fingerprint density at radius 3 is 2.14 bits per heavy atom. The molecule has 1 amide bonds. The van der Waals surface area contributed by atoms with Gasteiger partial charge in [0.2, 0.25) is 5.91 Å². The molecular weight excluding hydrogens is 479 g/mol. The number of amides is 1. The third-order valence-corrected chi connectivity index (χ3v) is 6.82. The Hall–Kier alpha value is -2.54. The Morgan fingerprint density at radius 2 is 1.57 bits per heavy atom. The van der Waals surface area contributed by atoms with Crippen LogP contribution in [0, 0.1) is 0 Å². The molecule has 1 N–H and O–H groups in total. The van der Waals surface area contributed by atoms with Gasteiger partial charge >= 0.3 is 7.25 Å². The summed E-state index contributed by atoms with van der Waals surface area (Å²) in [5, 5.41) is 4.46. The van der Waals surface area contributed by atoms with Gasteiger partial charge in [0.25, 0.3) is 18.3 Å². The van der Waals surface area contributed by atoms with E-state index in [0.29, 0.717) is 6.54 Å². The molecular formula is C22H24BF6N3O3. The van der Waals surface area contributed by atoms with Crippen LogP contribution < -0.4 is 0 Å². The van der Waals surface area contributed by atoms with Crippen LogP contribution in [-0.4, -0.2) is 39.4 Å². The minimum atomic E-state index is -3.68. The van der Waals surface area contributed by atoms with Gasteiger partial charge in [-0.2, -0.15) is 13.9 Å². The van der Waals surface area contributed by atoms with Crippen molar-refractivity contribution >= 4 is 13.2 Å². The quantitative estimate of drug-likeness (QED) is 0.431. The first-order chi connectivity index (χ1) is 16.1. The highest BCUT2D eigenvalue weighted by atomic mass is 19.3. The molecule has 13 heteroatoms. The van der Waals surface area contributed by atoms with Gasteiger partial charge in [0.05, 0.1) is 16.8 Å². The van der Waals surface area contributed by atoms with Crippen molar-refractivity contribution < 1.29 is 40.4 Å². The molecule has 0 saturated carbocycles. The molecule has 1 saturated heterocycles. The smallest absolute Gasteiger partial charge is 0.384 e. The summed E-state index contributed by atoms with van der Waals surface area (Å²) in [5.74, 6) is -7.29. The minimum Gasteiger partial charge on any atom is -0.384 e. The van der Waals surface area contributed by atoms with E-state index >= 15 is 0 Å². The van der Waals surface area contributed by atoms with Crippen molar-refractivity contribution in [3.05, 3.63) is 52.3 Å². The molecule has 0 unspecified atom stereocenters. The zero-order valence-electron chi connectivity index (χ0n) is 19.5. The molecule has 0 radical (unpaired) electrons. The number of benzene rings is 1. The molecule has 0 bridgehead atoms. The fourth-order valence-corrected chi connectivity index (χ4v) is 4.09. The molecule has 2 aliphatic heterocycles. The molecule has 6 nitrogen and oxygen atoms in total. The van der Waals surface area contributed by atoms with Crippen molar-refractivity contribution in [1.82, 2.24) is 15.0 Å². The number of fused-ring (bicyclic) bond motifs is 2. The standard InChI is InChI=1S/C14H18BNO3.C8H6F6N2/c1-13(2)14(3,4)19-15(18-13)16-9-10-7-5-6-8-11(10)12(16)17;9-6(10)4-3-5(16-15-4)8(13,14)2-1-7(3,11)12/h5-8H,9H2,1-4H3;6H,1-2H2,(H,15,16). The van der Waals surface area contributed by atoms with E-state index in [1.807, 2.05) is 52.0 Å². The van der Waals surface area contributed by atoms with Crippen molar-refractivity contribution in [3.8, 4) is 0 Å². The lowest BCUT2D eigenvalue weighted by Gasteiger charge is -2.32. The summed E-state index contributed by atoms with van der Waals surface area (Å²) in [4.78, 5) is 14.0. The second kappa shape index (κ2) is 8.26. The largest absolute Gasteiger partial charge is 0.596 e. The summed E-state index contributed by atoms with van der Waals surface area (Å²) in [6.07, 6.45) is -5.54. The van der Waals surface area contributed by atoms with Crippen LogP contribution in [0.25, 0.3) is 0 Å². The number of nitrogens with zero attached hydrogens (tertiary/aromatic N) is 2. The molecule has 3 heterocycles. The van der Waals surface area contributed by atoms with Gasteiger partial charge in [-0.15, -0.1) is 0 Å². The minimum absolute atomic E-state index is 0.0194. The number of hydrogen-bond acceptors (Lipinski definition) is 4. The number of nitrogens with one attached hydrogen (secondary N) is 1. The Labute approximate surface area is 198 Å². The number of aromatic nitrogens is 2. The van der Waals surface area contributed by atoms with Crippen LogP contribution in [0.1, 0.15) is 79.8 Å². The van der Waals surface area contributed by atoms with E-state index < -0.39 is 66.5 Å². The zero-order valence-corrected chi connectivity index (χ0v) is 19.5. The van der Waals surface area contributed by atoms with E-state index in [1.54, 1.807) is 9.91 Å². The highest BCUT2D eigenvalue weighted by Gasteiger charge is 2.56. The second-order valence-corrected chi connectivity index (χ2v) is 9.72. The first-order valence-corrected chi connectivity index (χ1v) is 10.9. The summed E-state index contributed by atoms with van der Waals surface area (Å²) >= 11 is 0. The number of rotatable bonds is 2. The second-order valence-electron chi connectivity index (χ2n) is 9.72. The maximum absolute atomic E-state index is 13.3. The van der Waals surface area contributed by atoms with Crippen molar-refractivity contribution in [3.63, 3.8) is 0 Å². The van der Waals surface area contributed by atoms with E-state index in [1.165, 1.54) is 0 Å². The average Bonchev–Trinajstić information content (AvgIpc) is 3.40. The van der Waals surface area contributed by atoms with Crippen LogP contribution >= 0.6 is 0 Å². The molecule has 35 heavy (non-hydrogen) atoms. The predicted octanol–water partition coefficient (Wildman–Crippen LogP) is 5.56. The molecule has 1 aromatic carbocycles. The van der Waals surface area contributed by atoms with Crippen LogP contribution in [0.2, 0.25) is 0 Å². The third-order valence-electron chi connectivity index (χ3n) is 6.82. The highest BCUT2D eigenvalue weighted by molar-refractivity contribution is 6.47. The van der Waals surface area contributed by atoms with Crippen LogP contribution in [0.4, 0.5) is 26.3 Å². The molecule has 5 rings (SSSR count). The van der Waals surface area contributed by atoms with Gasteiger partial charge in [-0.1, -0.05) is 18.2 Å². The average molecular weight is 503 g/mol. The fourth-order valence-electron chi connectivity index (χ4n) is 4.09. The molecule has 1 aliphatic carbocycles.